The average molecular weight is 254 g/mol. The predicted molar refractivity (Wildman–Crippen MR) is 73.4 cm³/mol. The van der Waals surface area contributed by atoms with Gasteiger partial charge in [0.15, 0.2) is 5.82 Å². The molecule has 0 amide bonds. The molecule has 0 aromatic carbocycles. The zero-order chi connectivity index (χ0) is 13.4. The number of aryl methyl sites for hydroxylation is 2. The van der Waals surface area contributed by atoms with Gasteiger partial charge < -0.3 is 10.2 Å². The molecule has 19 heavy (non-hydrogen) atoms. The number of furan rings is 1. The number of nitrogens with two attached hydrogens (primary N) is 1. The molecule has 3 heterocycles. The van der Waals surface area contributed by atoms with Crippen LogP contribution in [0.2, 0.25) is 0 Å². The Morgan fingerprint density at radius 2 is 1.95 bits per heavy atom. The van der Waals surface area contributed by atoms with Crippen molar-refractivity contribution in [1.29, 1.82) is 0 Å². The summed E-state index contributed by atoms with van der Waals surface area (Å²) < 4.78 is 5.57. The molecule has 0 fully saturated rings. The van der Waals surface area contributed by atoms with Crippen molar-refractivity contribution in [2.45, 2.75) is 13.8 Å². The van der Waals surface area contributed by atoms with E-state index < -0.39 is 0 Å². The molecule has 5 nitrogen and oxygen atoms in total. The van der Waals surface area contributed by atoms with Gasteiger partial charge in [-0.25, -0.2) is 0 Å². The van der Waals surface area contributed by atoms with E-state index in [1.54, 1.807) is 12.4 Å². The number of aromatic amines is 1. The molecule has 96 valence electrons. The highest BCUT2D eigenvalue weighted by Gasteiger charge is 2.18. The Kier molecular flexibility index (Phi) is 2.59. The van der Waals surface area contributed by atoms with Crippen molar-refractivity contribution in [1.82, 2.24) is 15.2 Å². The zero-order valence-electron chi connectivity index (χ0n) is 10.8. The Bertz CT molecular complexity index is 712. The molecule has 0 aliphatic rings. The summed E-state index contributed by atoms with van der Waals surface area (Å²) in [6, 6.07) is 5.80. The second-order valence-corrected chi connectivity index (χ2v) is 4.42. The molecule has 0 aliphatic heterocycles. The third-order valence-corrected chi connectivity index (χ3v) is 3.07. The number of rotatable bonds is 2. The van der Waals surface area contributed by atoms with E-state index in [0.29, 0.717) is 5.82 Å². The summed E-state index contributed by atoms with van der Waals surface area (Å²) >= 11 is 0. The van der Waals surface area contributed by atoms with Crippen molar-refractivity contribution < 1.29 is 4.42 Å². The lowest BCUT2D eigenvalue weighted by Crippen LogP contribution is -1.89. The number of nitrogen functional groups attached to an aromatic ring is 1. The second-order valence-electron chi connectivity index (χ2n) is 4.42. The molecule has 0 aliphatic carbocycles. The van der Waals surface area contributed by atoms with E-state index in [0.717, 1.165) is 33.9 Å². The Hall–Kier alpha value is -2.56. The Morgan fingerprint density at radius 3 is 2.58 bits per heavy atom. The summed E-state index contributed by atoms with van der Waals surface area (Å²) in [6.45, 7) is 3.85. The number of H-pyrrole nitrogens is 1. The van der Waals surface area contributed by atoms with E-state index in [9.17, 15) is 0 Å². The number of anilines is 1. The standard InChI is InChI=1S/C14H14N4O/c1-8-7-11(9(2)19-8)13-12(14(15)18-17-13)10-3-5-16-6-4-10/h3-7H,1-2H3,(H3,15,17,18). The maximum atomic E-state index is 5.97. The van der Waals surface area contributed by atoms with E-state index in [2.05, 4.69) is 15.2 Å². The smallest absolute Gasteiger partial charge is 0.153 e. The summed E-state index contributed by atoms with van der Waals surface area (Å²) in [5.41, 5.74) is 9.69. The number of aromatic nitrogens is 3. The SMILES string of the molecule is Cc1cc(-c2[nH]nc(N)c2-c2ccncc2)c(C)o1. The van der Waals surface area contributed by atoms with Gasteiger partial charge in [-0.3, -0.25) is 10.1 Å². The largest absolute Gasteiger partial charge is 0.466 e. The minimum absolute atomic E-state index is 0.472. The topological polar surface area (TPSA) is 80.7 Å². The first-order chi connectivity index (χ1) is 9.16. The average Bonchev–Trinajstić information content (AvgIpc) is 2.93. The molecule has 0 saturated heterocycles. The molecule has 0 bridgehead atoms. The number of pyridine rings is 1. The highest BCUT2D eigenvalue weighted by Crippen LogP contribution is 2.36. The predicted octanol–water partition coefficient (Wildman–Crippen LogP) is 2.93. The molecule has 3 rings (SSSR count). The van der Waals surface area contributed by atoms with Crippen LogP contribution in [0.5, 0.6) is 0 Å². The fraction of sp³-hybridized carbons (Fsp3) is 0.143. The van der Waals surface area contributed by atoms with Gasteiger partial charge in [-0.2, -0.15) is 5.10 Å². The van der Waals surface area contributed by atoms with Crippen molar-refractivity contribution in [2.24, 2.45) is 0 Å². The molecule has 0 unspecified atom stereocenters. The molecule has 0 spiro atoms. The molecular weight excluding hydrogens is 240 g/mol. The second kappa shape index (κ2) is 4.28. The van der Waals surface area contributed by atoms with E-state index in [1.807, 2.05) is 32.0 Å². The third kappa shape index (κ3) is 1.89. The Morgan fingerprint density at radius 1 is 1.21 bits per heavy atom. The first-order valence-electron chi connectivity index (χ1n) is 5.98. The van der Waals surface area contributed by atoms with Crippen LogP contribution in [-0.4, -0.2) is 15.2 Å². The van der Waals surface area contributed by atoms with E-state index in [1.165, 1.54) is 0 Å². The van der Waals surface area contributed by atoms with Gasteiger partial charge in [0, 0.05) is 18.0 Å². The first kappa shape index (κ1) is 11.5. The normalized spacial score (nSPS) is 10.8. The van der Waals surface area contributed by atoms with Gasteiger partial charge >= 0.3 is 0 Å². The molecule has 3 N–H and O–H groups in total. The van der Waals surface area contributed by atoms with Crippen molar-refractivity contribution in [3.63, 3.8) is 0 Å². The van der Waals surface area contributed by atoms with Crippen LogP contribution in [0.4, 0.5) is 5.82 Å². The Balaban J connectivity index is 2.22. The van der Waals surface area contributed by atoms with Gasteiger partial charge in [0.05, 0.1) is 11.3 Å². The molecule has 3 aromatic heterocycles. The Labute approximate surface area is 110 Å². The summed E-state index contributed by atoms with van der Waals surface area (Å²) in [4.78, 5) is 4.02. The lowest BCUT2D eigenvalue weighted by Gasteiger charge is -2.03. The van der Waals surface area contributed by atoms with Crippen LogP contribution in [0.25, 0.3) is 22.4 Å². The van der Waals surface area contributed by atoms with Crippen LogP contribution in [0.15, 0.2) is 35.0 Å². The van der Waals surface area contributed by atoms with Gasteiger partial charge in [0.25, 0.3) is 0 Å². The number of hydrogen-bond acceptors (Lipinski definition) is 4. The van der Waals surface area contributed by atoms with E-state index in [-0.39, 0.29) is 0 Å². The summed E-state index contributed by atoms with van der Waals surface area (Å²) in [5.74, 6) is 2.18. The molecule has 0 atom stereocenters. The van der Waals surface area contributed by atoms with Crippen LogP contribution < -0.4 is 5.73 Å². The molecule has 0 saturated carbocycles. The fourth-order valence-corrected chi connectivity index (χ4v) is 2.24. The number of hydrogen-bond donors (Lipinski definition) is 2. The number of nitrogens with one attached hydrogen (secondary N) is 1. The van der Waals surface area contributed by atoms with Gasteiger partial charge in [0.2, 0.25) is 0 Å². The summed E-state index contributed by atoms with van der Waals surface area (Å²) in [7, 11) is 0. The molecular formula is C14H14N4O. The molecule has 0 radical (unpaired) electrons. The van der Waals surface area contributed by atoms with Crippen molar-refractivity contribution in [3.05, 3.63) is 42.1 Å². The van der Waals surface area contributed by atoms with Gasteiger partial charge in [-0.15, -0.1) is 0 Å². The van der Waals surface area contributed by atoms with E-state index >= 15 is 0 Å². The maximum absolute atomic E-state index is 5.97. The van der Waals surface area contributed by atoms with Crippen LogP contribution in [0.3, 0.4) is 0 Å². The van der Waals surface area contributed by atoms with Crippen LogP contribution in [0.1, 0.15) is 11.5 Å². The van der Waals surface area contributed by atoms with Crippen LogP contribution in [-0.2, 0) is 0 Å². The molecule has 5 heteroatoms. The quantitative estimate of drug-likeness (QED) is 0.736. The monoisotopic (exact) mass is 254 g/mol. The van der Waals surface area contributed by atoms with Gasteiger partial charge in [0.1, 0.15) is 11.5 Å². The van der Waals surface area contributed by atoms with Crippen LogP contribution >= 0.6 is 0 Å². The van der Waals surface area contributed by atoms with Crippen molar-refractivity contribution >= 4 is 5.82 Å². The molecule has 3 aromatic rings. The lowest BCUT2D eigenvalue weighted by atomic mass is 10.0. The zero-order valence-corrected chi connectivity index (χ0v) is 10.8. The van der Waals surface area contributed by atoms with Gasteiger partial charge in [-0.1, -0.05) is 0 Å². The number of nitrogens with zero attached hydrogens (tertiary/aromatic N) is 2. The fourth-order valence-electron chi connectivity index (χ4n) is 2.24. The third-order valence-electron chi connectivity index (χ3n) is 3.07. The summed E-state index contributed by atoms with van der Waals surface area (Å²) in [6.07, 6.45) is 3.47. The van der Waals surface area contributed by atoms with Crippen LogP contribution in [0, 0.1) is 13.8 Å². The van der Waals surface area contributed by atoms with Crippen molar-refractivity contribution in [3.8, 4) is 22.4 Å². The van der Waals surface area contributed by atoms with Crippen molar-refractivity contribution in [2.75, 3.05) is 5.73 Å². The lowest BCUT2D eigenvalue weighted by molar-refractivity contribution is 0.505. The summed E-state index contributed by atoms with van der Waals surface area (Å²) in [5, 5.41) is 7.10. The van der Waals surface area contributed by atoms with E-state index in [4.69, 9.17) is 10.2 Å². The highest BCUT2D eigenvalue weighted by atomic mass is 16.3. The maximum Gasteiger partial charge on any atom is 0.153 e. The first-order valence-corrected chi connectivity index (χ1v) is 5.98. The van der Waals surface area contributed by atoms with Gasteiger partial charge in [-0.05, 0) is 37.6 Å². The minimum Gasteiger partial charge on any atom is -0.466 e. The highest BCUT2D eigenvalue weighted by molar-refractivity contribution is 5.88. The minimum atomic E-state index is 0.472.